The maximum absolute atomic E-state index is 6.15. The highest BCUT2D eigenvalue weighted by atomic mass is 35.5. The molecular formula is C12H12ClN5. The largest absolute Gasteiger partial charge is 0.347 e. The Hall–Kier alpha value is -1.88. The van der Waals surface area contributed by atoms with Crippen molar-refractivity contribution in [3.63, 3.8) is 0 Å². The van der Waals surface area contributed by atoms with Crippen LogP contribution in [0.4, 0.5) is 5.95 Å². The van der Waals surface area contributed by atoms with Gasteiger partial charge in [-0.15, -0.1) is 10.2 Å². The van der Waals surface area contributed by atoms with E-state index in [1.165, 1.54) is 0 Å². The van der Waals surface area contributed by atoms with Crippen LogP contribution in [0.15, 0.2) is 18.2 Å². The van der Waals surface area contributed by atoms with E-state index in [4.69, 9.17) is 11.6 Å². The Morgan fingerprint density at radius 1 is 1.22 bits per heavy atom. The summed E-state index contributed by atoms with van der Waals surface area (Å²) in [5.41, 5.74) is 1.55. The summed E-state index contributed by atoms with van der Waals surface area (Å²) >= 11 is 6.15. The van der Waals surface area contributed by atoms with Crippen molar-refractivity contribution >= 4 is 28.5 Å². The van der Waals surface area contributed by atoms with Gasteiger partial charge in [-0.2, -0.15) is 0 Å². The normalized spacial score (nSPS) is 11.3. The molecule has 0 atom stereocenters. The average Bonchev–Trinajstić information content (AvgIpc) is 2.70. The molecule has 2 heterocycles. The fraction of sp³-hybridized carbons (Fsp3) is 0.250. The molecule has 2 aliphatic rings. The molecule has 0 N–H and O–H groups in total. The monoisotopic (exact) mass is 261 g/mol. The zero-order chi connectivity index (χ0) is 12.9. The lowest BCUT2D eigenvalue weighted by Gasteiger charge is -2.16. The molecule has 5 nitrogen and oxygen atoms in total. The fourth-order valence-electron chi connectivity index (χ4n) is 2.08. The summed E-state index contributed by atoms with van der Waals surface area (Å²) in [6.07, 6.45) is 0. The Kier molecular flexibility index (Phi) is 2.38. The molecule has 92 valence electrons. The minimum absolute atomic E-state index is 0.636. The van der Waals surface area contributed by atoms with Gasteiger partial charge in [0.15, 0.2) is 5.82 Å². The molecule has 6 heteroatoms. The maximum Gasteiger partial charge on any atom is 0.226 e. The van der Waals surface area contributed by atoms with E-state index < -0.39 is 0 Å². The molecule has 0 aliphatic carbocycles. The average molecular weight is 262 g/mol. The quantitative estimate of drug-likeness (QED) is 0.674. The second kappa shape index (κ2) is 3.81. The number of nitrogens with zero attached hydrogens (tertiary/aromatic N) is 5. The molecule has 0 spiro atoms. The van der Waals surface area contributed by atoms with Crippen molar-refractivity contribution in [2.75, 3.05) is 19.0 Å². The molecule has 1 aromatic rings. The number of halogens is 1. The van der Waals surface area contributed by atoms with Crippen LogP contribution in [0.25, 0.3) is 22.4 Å². The molecule has 0 amide bonds. The molecule has 0 radical (unpaired) electrons. The van der Waals surface area contributed by atoms with Gasteiger partial charge in [-0.1, -0.05) is 23.7 Å². The van der Waals surface area contributed by atoms with Gasteiger partial charge in [-0.25, -0.2) is 4.98 Å². The van der Waals surface area contributed by atoms with Gasteiger partial charge < -0.3 is 4.90 Å². The Balaban J connectivity index is 2.42. The number of fused-ring (bicyclic) bond motifs is 3. The summed E-state index contributed by atoms with van der Waals surface area (Å²) < 4.78 is 1.92. The second-order valence-corrected chi connectivity index (χ2v) is 4.78. The maximum atomic E-state index is 6.15. The Bertz CT molecular complexity index is 703. The van der Waals surface area contributed by atoms with Crippen LogP contribution in [0.5, 0.6) is 0 Å². The molecule has 0 saturated heterocycles. The first-order valence-electron chi connectivity index (χ1n) is 5.54. The van der Waals surface area contributed by atoms with Crippen LogP contribution in [0.3, 0.4) is 0 Å². The van der Waals surface area contributed by atoms with Crippen molar-refractivity contribution in [1.82, 2.24) is 19.7 Å². The first kappa shape index (κ1) is 11.2. The van der Waals surface area contributed by atoms with Gasteiger partial charge in [0.2, 0.25) is 5.95 Å². The molecule has 18 heavy (non-hydrogen) atoms. The molecular weight excluding hydrogens is 250 g/mol. The van der Waals surface area contributed by atoms with E-state index in [1.54, 1.807) is 0 Å². The topological polar surface area (TPSA) is 46.8 Å². The predicted molar refractivity (Wildman–Crippen MR) is 72.3 cm³/mol. The van der Waals surface area contributed by atoms with Crippen LogP contribution >= 0.6 is 11.6 Å². The summed E-state index contributed by atoms with van der Waals surface area (Å²) in [7, 11) is 5.77. The third-order valence-electron chi connectivity index (χ3n) is 2.93. The van der Waals surface area contributed by atoms with E-state index in [0.717, 1.165) is 28.4 Å². The number of benzene rings is 1. The summed E-state index contributed by atoms with van der Waals surface area (Å²) in [4.78, 5) is 6.46. The van der Waals surface area contributed by atoms with E-state index >= 15 is 0 Å². The zero-order valence-corrected chi connectivity index (χ0v) is 11.1. The van der Waals surface area contributed by atoms with E-state index in [2.05, 4.69) is 15.2 Å². The van der Waals surface area contributed by atoms with E-state index in [1.807, 2.05) is 48.8 Å². The highest BCUT2D eigenvalue weighted by molar-refractivity contribution is 6.35. The lowest BCUT2D eigenvalue weighted by atomic mass is 10.2. The number of rotatable bonds is 1. The lowest BCUT2D eigenvalue weighted by Crippen LogP contribution is -2.19. The minimum Gasteiger partial charge on any atom is -0.347 e. The molecule has 0 fully saturated rings. The van der Waals surface area contributed by atoms with Crippen molar-refractivity contribution in [2.24, 2.45) is 7.05 Å². The summed E-state index contributed by atoms with van der Waals surface area (Å²) in [5.74, 6) is 1.54. The van der Waals surface area contributed by atoms with Gasteiger partial charge in [0.05, 0.1) is 10.5 Å². The van der Waals surface area contributed by atoms with Crippen molar-refractivity contribution in [1.29, 1.82) is 0 Å². The molecule has 1 aromatic carbocycles. The van der Waals surface area contributed by atoms with E-state index in [0.29, 0.717) is 5.02 Å². The van der Waals surface area contributed by atoms with Crippen molar-refractivity contribution in [3.8, 4) is 11.5 Å². The highest BCUT2D eigenvalue weighted by Crippen LogP contribution is 2.33. The molecule has 2 aliphatic heterocycles. The number of anilines is 1. The van der Waals surface area contributed by atoms with Crippen molar-refractivity contribution < 1.29 is 0 Å². The number of hydrogen-bond acceptors (Lipinski definition) is 4. The van der Waals surface area contributed by atoms with Gasteiger partial charge in [0.1, 0.15) is 5.69 Å². The Morgan fingerprint density at radius 2 is 2.00 bits per heavy atom. The highest BCUT2D eigenvalue weighted by Gasteiger charge is 2.20. The zero-order valence-electron chi connectivity index (χ0n) is 10.3. The summed E-state index contributed by atoms with van der Waals surface area (Å²) in [6, 6.07) is 5.68. The third-order valence-corrected chi connectivity index (χ3v) is 3.23. The molecule has 0 unspecified atom stereocenters. The van der Waals surface area contributed by atoms with E-state index in [9.17, 15) is 0 Å². The SMILES string of the molecule is CN(C)c1nnc2c3cccc(Cl)c3nc-2n1C. The summed E-state index contributed by atoms with van der Waals surface area (Å²) in [5, 5.41) is 10.0. The Labute approximate surface area is 109 Å². The van der Waals surface area contributed by atoms with Gasteiger partial charge in [-0.05, 0) is 6.07 Å². The number of aromatic nitrogens is 4. The molecule has 0 aromatic heterocycles. The number of hydrogen-bond donors (Lipinski definition) is 0. The van der Waals surface area contributed by atoms with Crippen LogP contribution in [-0.2, 0) is 7.05 Å². The van der Waals surface area contributed by atoms with Crippen LogP contribution in [0.1, 0.15) is 0 Å². The Morgan fingerprint density at radius 3 is 2.72 bits per heavy atom. The van der Waals surface area contributed by atoms with Crippen LogP contribution in [-0.4, -0.2) is 33.8 Å². The first-order chi connectivity index (χ1) is 8.59. The smallest absolute Gasteiger partial charge is 0.226 e. The van der Waals surface area contributed by atoms with Gasteiger partial charge in [0, 0.05) is 26.5 Å². The third kappa shape index (κ3) is 1.44. The minimum atomic E-state index is 0.636. The van der Waals surface area contributed by atoms with Crippen LogP contribution < -0.4 is 4.90 Å². The van der Waals surface area contributed by atoms with Gasteiger partial charge in [0.25, 0.3) is 0 Å². The van der Waals surface area contributed by atoms with Crippen molar-refractivity contribution in [3.05, 3.63) is 23.2 Å². The predicted octanol–water partition coefficient (Wildman–Crippen LogP) is 2.19. The number of para-hydroxylation sites is 1. The molecule has 0 bridgehead atoms. The fourth-order valence-corrected chi connectivity index (χ4v) is 2.29. The van der Waals surface area contributed by atoms with Crippen molar-refractivity contribution in [2.45, 2.75) is 0 Å². The van der Waals surface area contributed by atoms with Crippen LogP contribution in [0.2, 0.25) is 5.02 Å². The van der Waals surface area contributed by atoms with Gasteiger partial charge in [-0.3, -0.25) is 4.57 Å². The van der Waals surface area contributed by atoms with Gasteiger partial charge >= 0.3 is 0 Å². The second-order valence-electron chi connectivity index (χ2n) is 4.37. The molecule has 0 saturated carbocycles. The molecule has 3 rings (SSSR count). The van der Waals surface area contributed by atoms with E-state index in [-0.39, 0.29) is 0 Å². The first-order valence-corrected chi connectivity index (χ1v) is 5.92. The summed E-state index contributed by atoms with van der Waals surface area (Å²) in [6.45, 7) is 0. The standard InChI is InChI=1S/C12H12ClN5/c1-17(2)12-16-15-10-7-5-4-6-8(13)9(7)14-11(10)18(12)3/h4-6H,1-3H3. The van der Waals surface area contributed by atoms with Crippen LogP contribution in [0, 0.1) is 0 Å². The lowest BCUT2D eigenvalue weighted by molar-refractivity contribution is 0.777.